The number of halogens is 4. The lowest BCUT2D eigenvalue weighted by Crippen LogP contribution is -2.35. The van der Waals surface area contributed by atoms with Crippen LogP contribution in [0.1, 0.15) is 52.9 Å². The van der Waals surface area contributed by atoms with Gasteiger partial charge in [-0.25, -0.2) is 0 Å². The molecule has 0 aromatic carbocycles. The van der Waals surface area contributed by atoms with Crippen LogP contribution in [0.25, 0.3) is 0 Å². The Labute approximate surface area is 146 Å². The van der Waals surface area contributed by atoms with Crippen molar-refractivity contribution in [3.8, 4) is 0 Å². The molecular weight excluding hydrogens is 348 g/mol. The Kier molecular flexibility index (Phi) is 10.9. The van der Waals surface area contributed by atoms with E-state index in [0.717, 1.165) is 12.8 Å². The van der Waals surface area contributed by atoms with Gasteiger partial charge in [-0.3, -0.25) is 4.79 Å². The summed E-state index contributed by atoms with van der Waals surface area (Å²) in [6.45, 7) is 6.24. The molecule has 0 fully saturated rings. The van der Waals surface area contributed by atoms with Crippen LogP contribution < -0.4 is 0 Å². The van der Waals surface area contributed by atoms with Gasteiger partial charge in [0.05, 0.1) is 12.5 Å². The van der Waals surface area contributed by atoms with Gasteiger partial charge >= 0.3 is 17.1 Å². The maximum atomic E-state index is 12.9. The minimum atomic E-state index is -4.33. The lowest BCUT2D eigenvalue weighted by Gasteiger charge is -2.21. The topological polar surface area (TPSA) is 35.5 Å². The maximum Gasteiger partial charge on any atom is 0.353 e. The highest BCUT2D eigenvalue weighted by Crippen LogP contribution is 2.40. The summed E-state index contributed by atoms with van der Waals surface area (Å²) in [4.78, 5) is 11.8. The molecular formula is C16H28F4O3S. The predicted octanol–water partition coefficient (Wildman–Crippen LogP) is 4.95. The van der Waals surface area contributed by atoms with Gasteiger partial charge in [0.1, 0.15) is 0 Å². The monoisotopic (exact) mass is 376 g/mol. The summed E-state index contributed by atoms with van der Waals surface area (Å²) in [6.07, 6.45) is 1.05. The highest BCUT2D eigenvalue weighted by atomic mass is 32.1. The Morgan fingerprint density at radius 1 is 1.04 bits per heavy atom. The van der Waals surface area contributed by atoms with Crippen molar-refractivity contribution in [1.29, 1.82) is 0 Å². The van der Waals surface area contributed by atoms with Crippen LogP contribution in [0.2, 0.25) is 0 Å². The Hall–Kier alpha value is -0.500. The first-order chi connectivity index (χ1) is 11.1. The number of carbonyl (C=O) groups is 1. The van der Waals surface area contributed by atoms with Crippen molar-refractivity contribution in [2.45, 2.75) is 64.1 Å². The first-order valence-corrected chi connectivity index (χ1v) is 8.73. The van der Waals surface area contributed by atoms with Gasteiger partial charge in [-0.1, -0.05) is 46.2 Å². The van der Waals surface area contributed by atoms with E-state index in [2.05, 4.69) is 12.6 Å². The number of carbonyl (C=O) groups excluding carboxylic acids is 1. The van der Waals surface area contributed by atoms with E-state index < -0.39 is 17.6 Å². The van der Waals surface area contributed by atoms with E-state index in [9.17, 15) is 22.4 Å². The summed E-state index contributed by atoms with van der Waals surface area (Å²) in [6, 6.07) is 0. The van der Waals surface area contributed by atoms with E-state index in [-0.39, 0.29) is 38.1 Å². The third kappa shape index (κ3) is 8.55. The van der Waals surface area contributed by atoms with Crippen LogP contribution in [0.15, 0.2) is 0 Å². The number of rotatable bonds is 13. The predicted molar refractivity (Wildman–Crippen MR) is 87.7 cm³/mol. The first kappa shape index (κ1) is 23.5. The fourth-order valence-corrected chi connectivity index (χ4v) is 2.41. The SMILES string of the molecule is CCC(CC)C(C)C(=O)OCCCOCCCC(F)(F)C(F)(F)S. The largest absolute Gasteiger partial charge is 0.465 e. The Morgan fingerprint density at radius 3 is 2.08 bits per heavy atom. The lowest BCUT2D eigenvalue weighted by atomic mass is 9.89. The van der Waals surface area contributed by atoms with E-state index in [1.165, 1.54) is 0 Å². The van der Waals surface area contributed by atoms with E-state index >= 15 is 0 Å². The van der Waals surface area contributed by atoms with Gasteiger partial charge in [0.2, 0.25) is 0 Å². The van der Waals surface area contributed by atoms with Gasteiger partial charge in [-0.15, -0.1) is 0 Å². The third-order valence-corrected chi connectivity index (χ3v) is 4.35. The number of thiol groups is 1. The van der Waals surface area contributed by atoms with Gasteiger partial charge in [0.25, 0.3) is 0 Å². The van der Waals surface area contributed by atoms with Crippen molar-refractivity contribution >= 4 is 18.6 Å². The molecule has 24 heavy (non-hydrogen) atoms. The van der Waals surface area contributed by atoms with Crippen LogP contribution in [0.4, 0.5) is 17.6 Å². The fraction of sp³-hybridized carbons (Fsp3) is 0.938. The number of esters is 1. The van der Waals surface area contributed by atoms with Gasteiger partial charge in [0.15, 0.2) is 0 Å². The van der Waals surface area contributed by atoms with E-state index in [0.29, 0.717) is 12.3 Å². The normalized spacial score (nSPS) is 14.0. The van der Waals surface area contributed by atoms with Crippen LogP contribution in [0, 0.1) is 11.8 Å². The molecule has 0 aliphatic rings. The molecule has 0 rings (SSSR count). The van der Waals surface area contributed by atoms with Crippen LogP contribution in [0.3, 0.4) is 0 Å². The Balaban J connectivity index is 3.73. The second-order valence-electron chi connectivity index (χ2n) is 5.85. The number of alkyl halides is 4. The average molecular weight is 376 g/mol. The standard InChI is InChI=1S/C16H28F4O3S/c1-4-13(5-2)12(3)14(21)23-11-7-10-22-9-6-8-15(17,18)16(19,20)24/h12-13,24H,4-11H2,1-3H3. The van der Waals surface area contributed by atoms with Crippen LogP contribution in [-0.4, -0.2) is 37.0 Å². The van der Waals surface area contributed by atoms with Crippen molar-refractivity contribution in [2.24, 2.45) is 11.8 Å². The molecule has 0 saturated carbocycles. The van der Waals surface area contributed by atoms with Crippen molar-refractivity contribution in [3.63, 3.8) is 0 Å². The molecule has 0 aromatic heterocycles. The Bertz CT molecular complexity index is 358. The van der Waals surface area contributed by atoms with Gasteiger partial charge in [-0.05, 0) is 12.3 Å². The molecule has 0 bridgehead atoms. The molecule has 1 atom stereocenters. The van der Waals surface area contributed by atoms with E-state index in [1.54, 1.807) is 0 Å². The maximum absolute atomic E-state index is 12.9. The molecule has 0 saturated heterocycles. The van der Waals surface area contributed by atoms with Crippen LogP contribution >= 0.6 is 12.6 Å². The minimum absolute atomic E-state index is 0.0580. The molecule has 0 N–H and O–H groups in total. The first-order valence-electron chi connectivity index (χ1n) is 8.29. The molecule has 0 amide bonds. The summed E-state index contributed by atoms with van der Waals surface area (Å²) in [5.74, 6) is -4.27. The lowest BCUT2D eigenvalue weighted by molar-refractivity contribution is -0.156. The fourth-order valence-electron chi connectivity index (χ4n) is 2.30. The highest BCUT2D eigenvalue weighted by molar-refractivity contribution is 7.81. The van der Waals surface area contributed by atoms with Crippen molar-refractivity contribution in [1.82, 2.24) is 0 Å². The molecule has 0 aliphatic carbocycles. The van der Waals surface area contributed by atoms with Crippen LogP contribution in [-0.2, 0) is 14.3 Å². The molecule has 0 aromatic rings. The molecule has 3 nitrogen and oxygen atoms in total. The zero-order valence-corrected chi connectivity index (χ0v) is 15.4. The number of ether oxygens (including phenoxy) is 2. The summed E-state index contributed by atoms with van der Waals surface area (Å²) in [5.41, 5.74) is 0. The summed E-state index contributed by atoms with van der Waals surface area (Å²) in [5, 5.41) is -4.33. The average Bonchev–Trinajstić information content (AvgIpc) is 2.49. The highest BCUT2D eigenvalue weighted by Gasteiger charge is 2.52. The van der Waals surface area contributed by atoms with Gasteiger partial charge in [0, 0.05) is 26.1 Å². The zero-order valence-electron chi connectivity index (χ0n) is 14.5. The van der Waals surface area contributed by atoms with Crippen LogP contribution in [0.5, 0.6) is 0 Å². The number of hydrogen-bond donors (Lipinski definition) is 1. The third-order valence-electron chi connectivity index (χ3n) is 4.02. The van der Waals surface area contributed by atoms with Crippen molar-refractivity contribution in [3.05, 3.63) is 0 Å². The summed E-state index contributed by atoms with van der Waals surface area (Å²) in [7, 11) is 0. The quantitative estimate of drug-likeness (QED) is 0.214. The Morgan fingerprint density at radius 2 is 1.58 bits per heavy atom. The summed E-state index contributed by atoms with van der Waals surface area (Å²) < 4.78 is 60.9. The molecule has 0 aliphatic heterocycles. The second kappa shape index (κ2) is 11.2. The molecule has 0 radical (unpaired) electrons. The summed E-state index contributed by atoms with van der Waals surface area (Å²) >= 11 is 2.60. The molecule has 144 valence electrons. The van der Waals surface area contributed by atoms with Gasteiger partial charge < -0.3 is 9.47 Å². The molecule has 8 heteroatoms. The zero-order chi connectivity index (χ0) is 18.8. The molecule has 1 unspecified atom stereocenters. The molecule has 0 heterocycles. The van der Waals surface area contributed by atoms with Crippen molar-refractivity contribution < 1.29 is 31.8 Å². The van der Waals surface area contributed by atoms with Crippen molar-refractivity contribution in [2.75, 3.05) is 19.8 Å². The minimum Gasteiger partial charge on any atom is -0.465 e. The van der Waals surface area contributed by atoms with Gasteiger partial charge in [-0.2, -0.15) is 17.6 Å². The molecule has 0 spiro atoms. The number of hydrogen-bond acceptors (Lipinski definition) is 4. The van der Waals surface area contributed by atoms with E-state index in [4.69, 9.17) is 9.47 Å². The second-order valence-corrected chi connectivity index (χ2v) is 6.41. The smallest absolute Gasteiger partial charge is 0.353 e. The van der Waals surface area contributed by atoms with E-state index in [1.807, 2.05) is 20.8 Å².